The molecular formula is C13H15NOS. The van der Waals surface area contributed by atoms with Gasteiger partial charge in [0.05, 0.1) is 6.07 Å². The van der Waals surface area contributed by atoms with Gasteiger partial charge >= 0.3 is 0 Å². The second-order valence-electron chi connectivity index (χ2n) is 4.37. The maximum Gasteiger partial charge on any atom is 0.153 e. The zero-order valence-corrected chi connectivity index (χ0v) is 10.3. The summed E-state index contributed by atoms with van der Waals surface area (Å²) < 4.78 is 0. The van der Waals surface area contributed by atoms with Crippen LogP contribution in [0.25, 0.3) is 0 Å². The molecule has 2 rings (SSSR count). The van der Waals surface area contributed by atoms with E-state index in [9.17, 15) is 10.1 Å². The van der Waals surface area contributed by atoms with E-state index in [1.807, 2.05) is 0 Å². The molecular weight excluding hydrogens is 218 g/mol. The van der Waals surface area contributed by atoms with Crippen LogP contribution in [0, 0.1) is 16.7 Å². The van der Waals surface area contributed by atoms with Gasteiger partial charge in [-0.1, -0.05) is 6.92 Å². The van der Waals surface area contributed by atoms with E-state index in [1.54, 1.807) is 11.3 Å². The number of Topliss-reactive ketones (excluding diaryl/α,β-unsaturated/α-hetero) is 1. The molecule has 84 valence electrons. The van der Waals surface area contributed by atoms with Gasteiger partial charge in [-0.25, -0.2) is 0 Å². The highest BCUT2D eigenvalue weighted by Crippen LogP contribution is 2.38. The second kappa shape index (κ2) is 4.39. The maximum absolute atomic E-state index is 11.8. The highest BCUT2D eigenvalue weighted by atomic mass is 32.1. The van der Waals surface area contributed by atoms with Gasteiger partial charge < -0.3 is 0 Å². The van der Waals surface area contributed by atoms with E-state index in [0.29, 0.717) is 12.8 Å². The van der Waals surface area contributed by atoms with Crippen LogP contribution in [0.1, 0.15) is 35.9 Å². The first-order valence-corrected chi connectivity index (χ1v) is 6.54. The number of carbonyl (C=O) groups excluding carboxylic acids is 1. The minimum atomic E-state index is -0.712. The Labute approximate surface area is 99.9 Å². The third kappa shape index (κ3) is 1.90. The Bertz CT molecular complexity index is 443. The van der Waals surface area contributed by atoms with E-state index in [2.05, 4.69) is 25.1 Å². The number of rotatable bonds is 3. The maximum atomic E-state index is 11.8. The Morgan fingerprint density at radius 2 is 2.25 bits per heavy atom. The van der Waals surface area contributed by atoms with Crippen LogP contribution in [0.3, 0.4) is 0 Å². The summed E-state index contributed by atoms with van der Waals surface area (Å²) >= 11 is 1.73. The summed E-state index contributed by atoms with van der Waals surface area (Å²) in [5, 5.41) is 9.25. The summed E-state index contributed by atoms with van der Waals surface area (Å²) in [7, 11) is 0. The van der Waals surface area contributed by atoms with Gasteiger partial charge in [0.15, 0.2) is 5.78 Å². The van der Waals surface area contributed by atoms with E-state index in [1.165, 1.54) is 9.75 Å². The van der Waals surface area contributed by atoms with Gasteiger partial charge in [-0.3, -0.25) is 4.79 Å². The van der Waals surface area contributed by atoms with Crippen molar-refractivity contribution in [1.82, 2.24) is 0 Å². The smallest absolute Gasteiger partial charge is 0.153 e. The van der Waals surface area contributed by atoms with Gasteiger partial charge in [0.1, 0.15) is 5.41 Å². The molecule has 1 atom stereocenters. The monoisotopic (exact) mass is 233 g/mol. The zero-order valence-electron chi connectivity index (χ0n) is 9.45. The third-order valence-electron chi connectivity index (χ3n) is 3.30. The van der Waals surface area contributed by atoms with Crippen molar-refractivity contribution in [2.45, 2.75) is 39.0 Å². The van der Waals surface area contributed by atoms with Crippen LogP contribution in [0.5, 0.6) is 0 Å². The van der Waals surface area contributed by atoms with E-state index < -0.39 is 5.41 Å². The van der Waals surface area contributed by atoms with Crippen molar-refractivity contribution in [3.05, 3.63) is 21.9 Å². The average molecular weight is 233 g/mol. The molecule has 1 fully saturated rings. The highest BCUT2D eigenvalue weighted by molar-refractivity contribution is 7.12. The molecule has 0 spiro atoms. The number of aryl methyl sites for hydroxylation is 1. The predicted molar refractivity (Wildman–Crippen MR) is 64.3 cm³/mol. The minimum Gasteiger partial charge on any atom is -0.298 e. The zero-order chi connectivity index (χ0) is 11.6. The van der Waals surface area contributed by atoms with Crippen molar-refractivity contribution in [2.75, 3.05) is 0 Å². The first-order valence-electron chi connectivity index (χ1n) is 5.72. The van der Waals surface area contributed by atoms with Gasteiger partial charge in [0.2, 0.25) is 0 Å². The minimum absolute atomic E-state index is 0.140. The molecule has 3 heteroatoms. The first kappa shape index (κ1) is 11.3. The Hall–Kier alpha value is -1.14. The van der Waals surface area contributed by atoms with Gasteiger partial charge in [-0.2, -0.15) is 5.26 Å². The summed E-state index contributed by atoms with van der Waals surface area (Å²) in [5.74, 6) is 0.140. The Morgan fingerprint density at radius 3 is 2.75 bits per heavy atom. The second-order valence-corrected chi connectivity index (χ2v) is 5.62. The van der Waals surface area contributed by atoms with Crippen LogP contribution in [0.4, 0.5) is 0 Å². The molecule has 0 radical (unpaired) electrons. The van der Waals surface area contributed by atoms with E-state index in [0.717, 1.165) is 19.3 Å². The number of thiophene rings is 1. The standard InChI is InChI=1S/C13H15NOS/c1-2-10-5-6-11(16-10)8-13(9-14)7-3-4-12(13)15/h5-6H,2-4,7-8H2,1H3. The van der Waals surface area contributed by atoms with Crippen LogP contribution >= 0.6 is 11.3 Å². The SMILES string of the molecule is CCc1ccc(CC2(C#N)CCCC2=O)s1. The third-order valence-corrected chi connectivity index (χ3v) is 4.53. The van der Waals surface area contributed by atoms with Gasteiger partial charge in [0.25, 0.3) is 0 Å². The Balaban J connectivity index is 2.19. The van der Waals surface area contributed by atoms with Crippen LogP contribution in [-0.4, -0.2) is 5.78 Å². The van der Waals surface area contributed by atoms with Gasteiger partial charge in [-0.15, -0.1) is 11.3 Å². The van der Waals surface area contributed by atoms with Crippen LogP contribution in [-0.2, 0) is 17.6 Å². The molecule has 0 bridgehead atoms. The number of nitriles is 1. The number of hydrogen-bond donors (Lipinski definition) is 0. The topological polar surface area (TPSA) is 40.9 Å². The Morgan fingerprint density at radius 1 is 1.50 bits per heavy atom. The van der Waals surface area contributed by atoms with Crippen molar-refractivity contribution >= 4 is 17.1 Å². The molecule has 1 aromatic heterocycles. The summed E-state index contributed by atoms with van der Waals surface area (Å²) in [6.45, 7) is 2.12. The molecule has 1 aromatic rings. The molecule has 0 aliphatic heterocycles. The van der Waals surface area contributed by atoms with Crippen molar-refractivity contribution in [1.29, 1.82) is 5.26 Å². The molecule has 16 heavy (non-hydrogen) atoms. The van der Waals surface area contributed by atoms with E-state index in [4.69, 9.17) is 0 Å². The van der Waals surface area contributed by atoms with Crippen LogP contribution in [0.15, 0.2) is 12.1 Å². The average Bonchev–Trinajstić information content (AvgIpc) is 2.88. The van der Waals surface area contributed by atoms with Crippen LogP contribution < -0.4 is 0 Å². The highest BCUT2D eigenvalue weighted by Gasteiger charge is 2.42. The van der Waals surface area contributed by atoms with Crippen molar-refractivity contribution < 1.29 is 4.79 Å². The summed E-state index contributed by atoms with van der Waals surface area (Å²) in [4.78, 5) is 14.3. The lowest BCUT2D eigenvalue weighted by Gasteiger charge is -2.16. The number of hydrogen-bond acceptors (Lipinski definition) is 3. The molecule has 0 N–H and O–H groups in total. The molecule has 0 saturated heterocycles. The van der Waals surface area contributed by atoms with E-state index >= 15 is 0 Å². The van der Waals surface area contributed by atoms with Crippen LogP contribution in [0.2, 0.25) is 0 Å². The largest absolute Gasteiger partial charge is 0.298 e. The first-order chi connectivity index (χ1) is 7.70. The Kier molecular flexibility index (Phi) is 3.11. The fourth-order valence-electron chi connectivity index (χ4n) is 2.28. The molecule has 0 amide bonds. The molecule has 0 aromatic carbocycles. The fourth-order valence-corrected chi connectivity index (χ4v) is 3.35. The summed E-state index contributed by atoms with van der Waals surface area (Å²) in [6.07, 6.45) is 3.84. The lowest BCUT2D eigenvalue weighted by Crippen LogP contribution is -2.25. The lowest BCUT2D eigenvalue weighted by molar-refractivity contribution is -0.123. The van der Waals surface area contributed by atoms with Crippen molar-refractivity contribution in [3.63, 3.8) is 0 Å². The molecule has 1 saturated carbocycles. The van der Waals surface area contributed by atoms with Crippen molar-refractivity contribution in [2.24, 2.45) is 5.41 Å². The molecule has 1 unspecified atom stereocenters. The van der Waals surface area contributed by atoms with Gasteiger partial charge in [0, 0.05) is 22.6 Å². The number of nitrogens with zero attached hydrogens (tertiary/aromatic N) is 1. The number of carbonyl (C=O) groups is 1. The number of ketones is 1. The quantitative estimate of drug-likeness (QED) is 0.804. The molecule has 1 aliphatic rings. The normalized spacial score (nSPS) is 24.6. The predicted octanol–water partition coefficient (Wildman–Crippen LogP) is 3.12. The van der Waals surface area contributed by atoms with Gasteiger partial charge in [-0.05, 0) is 31.4 Å². The molecule has 2 nitrogen and oxygen atoms in total. The van der Waals surface area contributed by atoms with Crippen molar-refractivity contribution in [3.8, 4) is 6.07 Å². The fraction of sp³-hybridized carbons (Fsp3) is 0.538. The molecule has 1 heterocycles. The van der Waals surface area contributed by atoms with E-state index in [-0.39, 0.29) is 5.78 Å². The summed E-state index contributed by atoms with van der Waals surface area (Å²) in [6, 6.07) is 6.43. The molecule has 1 aliphatic carbocycles. The summed E-state index contributed by atoms with van der Waals surface area (Å²) in [5.41, 5.74) is -0.712. The lowest BCUT2D eigenvalue weighted by atomic mass is 9.83.